The van der Waals surface area contributed by atoms with E-state index in [4.69, 9.17) is 11.6 Å². The second-order valence-electron chi connectivity index (χ2n) is 9.78. The van der Waals surface area contributed by atoms with Crippen molar-refractivity contribution in [2.24, 2.45) is 11.8 Å². The van der Waals surface area contributed by atoms with Crippen LogP contribution < -0.4 is 10.2 Å². The molecule has 3 rings (SSSR count). The number of fused-ring (bicyclic) bond motifs is 1. The molecule has 0 atom stereocenters. The van der Waals surface area contributed by atoms with Gasteiger partial charge in [0.15, 0.2) is 0 Å². The number of rotatable bonds is 11. The molecule has 1 N–H and O–H groups in total. The lowest BCUT2D eigenvalue weighted by Crippen LogP contribution is -2.43. The Morgan fingerprint density at radius 3 is 2.49 bits per heavy atom. The summed E-state index contributed by atoms with van der Waals surface area (Å²) in [7, 11) is 0. The SMILES string of the molecule is CC(C)CN(CCCNC(=O)CN1C(=O)C(=Cc2cccc(Cl)c2)Sc2ccccc21)CC(C)C. The summed E-state index contributed by atoms with van der Waals surface area (Å²) in [5, 5.41) is 3.63. The van der Waals surface area contributed by atoms with Gasteiger partial charge in [0.2, 0.25) is 5.91 Å². The zero-order valence-electron chi connectivity index (χ0n) is 21.1. The van der Waals surface area contributed by atoms with Crippen molar-refractivity contribution in [2.75, 3.05) is 37.6 Å². The van der Waals surface area contributed by atoms with Gasteiger partial charge in [-0.1, -0.05) is 75.3 Å². The molecule has 7 heteroatoms. The first-order valence-corrected chi connectivity index (χ1v) is 13.5. The minimum absolute atomic E-state index is 0.00893. The first kappa shape index (κ1) is 27.3. The summed E-state index contributed by atoms with van der Waals surface area (Å²) in [4.78, 5) is 31.7. The molecule has 0 radical (unpaired) electrons. The summed E-state index contributed by atoms with van der Waals surface area (Å²) < 4.78 is 0. The van der Waals surface area contributed by atoms with Crippen LogP contribution in [0, 0.1) is 11.8 Å². The van der Waals surface area contributed by atoms with Gasteiger partial charge in [0, 0.05) is 29.6 Å². The molecule has 0 aliphatic carbocycles. The van der Waals surface area contributed by atoms with Crippen LogP contribution >= 0.6 is 23.4 Å². The Balaban J connectivity index is 1.63. The number of thioether (sulfide) groups is 1. The predicted molar refractivity (Wildman–Crippen MR) is 148 cm³/mol. The van der Waals surface area contributed by atoms with E-state index in [1.54, 1.807) is 11.0 Å². The van der Waals surface area contributed by atoms with Gasteiger partial charge in [-0.2, -0.15) is 0 Å². The van der Waals surface area contributed by atoms with Crippen LogP contribution in [0.2, 0.25) is 5.02 Å². The molecule has 188 valence electrons. The van der Waals surface area contributed by atoms with E-state index in [1.165, 1.54) is 11.8 Å². The molecule has 1 heterocycles. The summed E-state index contributed by atoms with van der Waals surface area (Å²) in [6, 6.07) is 15.1. The molecule has 35 heavy (non-hydrogen) atoms. The standard InChI is InChI=1S/C28H36ClN3O2S/c1-20(2)17-31(18-21(3)4)14-8-13-30-27(33)19-32-24-11-5-6-12-25(24)35-26(28(32)34)16-22-9-7-10-23(29)15-22/h5-7,9-12,15-16,20-21H,8,13-14,17-19H2,1-4H3,(H,30,33). The van der Waals surface area contributed by atoms with E-state index in [2.05, 4.69) is 37.9 Å². The highest BCUT2D eigenvalue weighted by Gasteiger charge is 2.30. The van der Waals surface area contributed by atoms with E-state index in [-0.39, 0.29) is 18.4 Å². The van der Waals surface area contributed by atoms with E-state index in [0.29, 0.717) is 28.3 Å². The van der Waals surface area contributed by atoms with Gasteiger partial charge in [0.05, 0.1) is 10.6 Å². The van der Waals surface area contributed by atoms with Crippen molar-refractivity contribution in [1.29, 1.82) is 0 Å². The van der Waals surface area contributed by atoms with Gasteiger partial charge in [-0.25, -0.2) is 0 Å². The van der Waals surface area contributed by atoms with Crippen LogP contribution in [0.4, 0.5) is 5.69 Å². The van der Waals surface area contributed by atoms with Crippen molar-refractivity contribution in [3.05, 3.63) is 64.0 Å². The van der Waals surface area contributed by atoms with Crippen molar-refractivity contribution in [3.63, 3.8) is 0 Å². The third-order valence-corrected chi connectivity index (χ3v) is 6.81. The fourth-order valence-electron chi connectivity index (χ4n) is 4.19. The Hall–Kier alpha value is -2.28. The predicted octanol–water partition coefficient (Wildman–Crippen LogP) is 5.94. The number of carbonyl (C=O) groups excluding carboxylic acids is 2. The number of carbonyl (C=O) groups is 2. The maximum atomic E-state index is 13.4. The molecule has 0 bridgehead atoms. The van der Waals surface area contributed by atoms with Crippen molar-refractivity contribution in [1.82, 2.24) is 10.2 Å². The van der Waals surface area contributed by atoms with Gasteiger partial charge in [0.1, 0.15) is 6.54 Å². The molecule has 1 aliphatic heterocycles. The van der Waals surface area contributed by atoms with Gasteiger partial charge in [-0.15, -0.1) is 0 Å². The first-order chi connectivity index (χ1) is 16.7. The maximum absolute atomic E-state index is 13.4. The largest absolute Gasteiger partial charge is 0.355 e. The van der Waals surface area contributed by atoms with Crippen LogP contribution in [0.5, 0.6) is 0 Å². The Morgan fingerprint density at radius 1 is 1.09 bits per heavy atom. The van der Waals surface area contributed by atoms with Crippen molar-refractivity contribution in [3.8, 4) is 0 Å². The fraction of sp³-hybridized carbons (Fsp3) is 0.429. The first-order valence-electron chi connectivity index (χ1n) is 12.3. The lowest BCUT2D eigenvalue weighted by molar-refractivity contribution is -0.122. The normalized spacial score (nSPS) is 14.8. The van der Waals surface area contributed by atoms with Crippen LogP contribution in [0.25, 0.3) is 6.08 Å². The molecule has 0 saturated carbocycles. The molecule has 0 spiro atoms. The third-order valence-electron chi connectivity index (χ3n) is 5.50. The molecule has 0 unspecified atom stereocenters. The summed E-state index contributed by atoms with van der Waals surface area (Å²) in [5.74, 6) is 0.895. The zero-order chi connectivity index (χ0) is 25.4. The van der Waals surface area contributed by atoms with Crippen LogP contribution in [0.1, 0.15) is 39.7 Å². The summed E-state index contributed by atoms with van der Waals surface area (Å²) in [6.07, 6.45) is 2.71. The van der Waals surface area contributed by atoms with E-state index in [0.717, 1.165) is 42.2 Å². The van der Waals surface area contributed by atoms with Gasteiger partial charge in [-0.05, 0) is 60.7 Å². The average Bonchev–Trinajstić information content (AvgIpc) is 2.78. The lowest BCUT2D eigenvalue weighted by atomic mass is 10.1. The van der Waals surface area contributed by atoms with Crippen LogP contribution in [-0.2, 0) is 9.59 Å². The molecule has 0 saturated heterocycles. The maximum Gasteiger partial charge on any atom is 0.265 e. The number of amides is 2. The van der Waals surface area contributed by atoms with Gasteiger partial charge in [-0.3, -0.25) is 14.5 Å². The Kier molecular flexibility index (Phi) is 10.3. The quantitative estimate of drug-likeness (QED) is 0.298. The molecule has 2 amide bonds. The van der Waals surface area contributed by atoms with E-state index >= 15 is 0 Å². The molecule has 2 aromatic rings. The highest BCUT2D eigenvalue weighted by atomic mass is 35.5. The molecule has 2 aromatic carbocycles. The van der Waals surface area contributed by atoms with Gasteiger partial charge in [0.25, 0.3) is 5.91 Å². The smallest absolute Gasteiger partial charge is 0.265 e. The average molecular weight is 514 g/mol. The number of nitrogens with zero attached hydrogens (tertiary/aromatic N) is 2. The second kappa shape index (κ2) is 13.1. The number of nitrogens with one attached hydrogen (secondary N) is 1. The zero-order valence-corrected chi connectivity index (χ0v) is 22.7. The Labute approximate surface area is 218 Å². The van der Waals surface area contributed by atoms with E-state index in [9.17, 15) is 9.59 Å². The van der Waals surface area contributed by atoms with Crippen LogP contribution in [-0.4, -0.2) is 49.4 Å². The molecule has 0 fully saturated rings. The minimum atomic E-state index is -0.177. The summed E-state index contributed by atoms with van der Waals surface area (Å²) >= 11 is 7.54. The van der Waals surface area contributed by atoms with Crippen molar-refractivity contribution >= 4 is 46.9 Å². The highest BCUT2D eigenvalue weighted by Crippen LogP contribution is 2.42. The number of halogens is 1. The fourth-order valence-corrected chi connectivity index (χ4v) is 5.44. The number of hydrogen-bond acceptors (Lipinski definition) is 4. The number of anilines is 1. The minimum Gasteiger partial charge on any atom is -0.355 e. The Morgan fingerprint density at radius 2 is 1.80 bits per heavy atom. The topological polar surface area (TPSA) is 52.7 Å². The van der Waals surface area contributed by atoms with Crippen molar-refractivity contribution in [2.45, 2.75) is 39.0 Å². The van der Waals surface area contributed by atoms with Crippen LogP contribution in [0.3, 0.4) is 0 Å². The number of para-hydroxylation sites is 1. The monoisotopic (exact) mass is 513 g/mol. The summed E-state index contributed by atoms with van der Waals surface area (Å²) in [5.41, 5.74) is 1.62. The highest BCUT2D eigenvalue weighted by molar-refractivity contribution is 8.04. The van der Waals surface area contributed by atoms with E-state index < -0.39 is 0 Å². The molecule has 1 aliphatic rings. The number of hydrogen-bond donors (Lipinski definition) is 1. The molecular weight excluding hydrogens is 478 g/mol. The van der Waals surface area contributed by atoms with Gasteiger partial charge < -0.3 is 10.2 Å². The molecule has 0 aromatic heterocycles. The second-order valence-corrected chi connectivity index (χ2v) is 11.3. The third kappa shape index (κ3) is 8.41. The Bertz CT molecular complexity index is 1040. The molecular formula is C28H36ClN3O2S. The lowest BCUT2D eigenvalue weighted by Gasteiger charge is -2.30. The van der Waals surface area contributed by atoms with Crippen LogP contribution in [0.15, 0.2) is 58.3 Å². The number of benzene rings is 2. The van der Waals surface area contributed by atoms with Crippen molar-refractivity contribution < 1.29 is 9.59 Å². The molecule has 5 nitrogen and oxygen atoms in total. The summed E-state index contributed by atoms with van der Waals surface area (Å²) in [6.45, 7) is 12.6. The van der Waals surface area contributed by atoms with Gasteiger partial charge >= 0.3 is 0 Å². The van der Waals surface area contributed by atoms with E-state index in [1.807, 2.05) is 48.5 Å².